The van der Waals surface area contributed by atoms with Crippen LogP contribution in [0.5, 0.6) is 0 Å². The van der Waals surface area contributed by atoms with Crippen molar-refractivity contribution in [2.24, 2.45) is 11.8 Å². The van der Waals surface area contributed by atoms with E-state index in [1.807, 2.05) is 28.8 Å². The molecule has 3 aromatic rings. The van der Waals surface area contributed by atoms with E-state index in [2.05, 4.69) is 24.3 Å². The van der Waals surface area contributed by atoms with Crippen LogP contribution in [0.25, 0.3) is 15.7 Å². The summed E-state index contributed by atoms with van der Waals surface area (Å²) < 4.78 is 4.52. The van der Waals surface area contributed by atoms with Gasteiger partial charge in [-0.3, -0.25) is 14.0 Å². The van der Waals surface area contributed by atoms with Crippen molar-refractivity contribution in [3.8, 4) is 0 Å². The first-order valence-corrected chi connectivity index (χ1v) is 11.1. The number of carbonyl (C=O) groups is 1. The second kappa shape index (κ2) is 7.70. The van der Waals surface area contributed by atoms with Crippen LogP contribution in [-0.2, 0) is 11.3 Å². The Morgan fingerprint density at radius 2 is 2.14 bits per heavy atom. The molecule has 1 aliphatic rings. The number of carbonyl (C=O) groups excluding carboxylic acids is 1. The van der Waals surface area contributed by atoms with Gasteiger partial charge in [-0.2, -0.15) is 5.10 Å². The highest BCUT2D eigenvalue weighted by molar-refractivity contribution is 7.17. The summed E-state index contributed by atoms with van der Waals surface area (Å²) in [6.45, 7) is 6.88. The van der Waals surface area contributed by atoms with Crippen molar-refractivity contribution in [3.63, 3.8) is 0 Å². The normalized spacial score (nSPS) is 22.8. The monoisotopic (exact) mass is 400 g/mol. The topological polar surface area (TPSA) is 68.4 Å². The fourth-order valence-electron chi connectivity index (χ4n) is 4.43. The van der Waals surface area contributed by atoms with Crippen LogP contribution in [0.1, 0.15) is 51.8 Å². The molecule has 3 atom stereocenters. The Kier molecular flexibility index (Phi) is 5.27. The van der Waals surface area contributed by atoms with Gasteiger partial charge in [0.15, 0.2) is 0 Å². The lowest BCUT2D eigenvalue weighted by Crippen LogP contribution is -2.43. The van der Waals surface area contributed by atoms with Gasteiger partial charge in [0.2, 0.25) is 5.91 Å². The Hall–Kier alpha value is -2.15. The predicted molar refractivity (Wildman–Crippen MR) is 113 cm³/mol. The minimum atomic E-state index is -0.0934. The Bertz CT molecular complexity index is 1060. The number of rotatable bonds is 5. The van der Waals surface area contributed by atoms with E-state index in [4.69, 9.17) is 0 Å². The summed E-state index contributed by atoms with van der Waals surface area (Å²) in [5.74, 6) is 2.06. The van der Waals surface area contributed by atoms with Gasteiger partial charge in [-0.05, 0) is 49.1 Å². The number of thiophene rings is 1. The standard InChI is InChI=1S/C21H28N4O2S/c1-13-6-4-7-16(14(13)2)22-20(26)8-5-10-24-21(27)18-12-19-17(9-11-28-19)25(18)15(3)23-24/h9,11-14,16H,4-8,10H2,1-3H3,(H,22,26). The molecule has 1 aliphatic carbocycles. The zero-order valence-corrected chi connectivity index (χ0v) is 17.6. The van der Waals surface area contributed by atoms with Crippen molar-refractivity contribution in [2.75, 3.05) is 0 Å². The van der Waals surface area contributed by atoms with Crippen LogP contribution >= 0.6 is 11.3 Å². The van der Waals surface area contributed by atoms with E-state index in [0.717, 1.165) is 22.5 Å². The van der Waals surface area contributed by atoms with Crippen molar-refractivity contribution in [1.29, 1.82) is 0 Å². The number of amides is 1. The summed E-state index contributed by atoms with van der Waals surface area (Å²) in [6.07, 6.45) is 4.54. The molecule has 3 heterocycles. The first kappa shape index (κ1) is 19.2. The Balaban J connectivity index is 1.41. The molecule has 1 N–H and O–H groups in total. The zero-order valence-electron chi connectivity index (χ0n) is 16.8. The van der Waals surface area contributed by atoms with Gasteiger partial charge in [-0.15, -0.1) is 11.3 Å². The van der Waals surface area contributed by atoms with Crippen molar-refractivity contribution in [1.82, 2.24) is 19.5 Å². The van der Waals surface area contributed by atoms with E-state index in [1.165, 1.54) is 17.5 Å². The fraction of sp³-hybridized carbons (Fsp3) is 0.571. The third-order valence-corrected chi connectivity index (χ3v) is 7.15. The SMILES string of the molecule is Cc1nn(CCCC(=O)NC2CCCC(C)C2C)c(=O)c2cc3sccc3n12. The molecule has 0 aromatic carbocycles. The molecular formula is C21H28N4O2S. The minimum Gasteiger partial charge on any atom is -0.353 e. The Morgan fingerprint density at radius 3 is 2.96 bits per heavy atom. The highest BCUT2D eigenvalue weighted by Crippen LogP contribution is 2.29. The Morgan fingerprint density at radius 1 is 1.32 bits per heavy atom. The van der Waals surface area contributed by atoms with Gasteiger partial charge >= 0.3 is 0 Å². The summed E-state index contributed by atoms with van der Waals surface area (Å²) in [5, 5.41) is 9.71. The van der Waals surface area contributed by atoms with E-state index >= 15 is 0 Å². The first-order chi connectivity index (χ1) is 13.5. The summed E-state index contributed by atoms with van der Waals surface area (Å²) in [7, 11) is 0. The van der Waals surface area contributed by atoms with E-state index in [0.29, 0.717) is 36.7 Å². The molecule has 0 spiro atoms. The highest BCUT2D eigenvalue weighted by atomic mass is 32.1. The van der Waals surface area contributed by atoms with Gasteiger partial charge in [-0.25, -0.2) is 4.68 Å². The summed E-state index contributed by atoms with van der Waals surface area (Å²) in [5.41, 5.74) is 1.59. The van der Waals surface area contributed by atoms with Gasteiger partial charge in [0.1, 0.15) is 11.3 Å². The molecule has 3 aromatic heterocycles. The third kappa shape index (κ3) is 3.48. The van der Waals surface area contributed by atoms with Crippen LogP contribution in [-0.4, -0.2) is 26.1 Å². The molecule has 0 saturated heterocycles. The largest absolute Gasteiger partial charge is 0.353 e. The number of hydrogen-bond acceptors (Lipinski definition) is 4. The van der Waals surface area contributed by atoms with E-state index in [9.17, 15) is 9.59 Å². The maximum atomic E-state index is 12.8. The Labute approximate surface area is 168 Å². The van der Waals surface area contributed by atoms with Gasteiger partial charge < -0.3 is 5.32 Å². The number of nitrogens with one attached hydrogen (secondary N) is 1. The maximum absolute atomic E-state index is 12.8. The van der Waals surface area contributed by atoms with Crippen molar-refractivity contribution < 1.29 is 4.79 Å². The van der Waals surface area contributed by atoms with Crippen LogP contribution in [0.15, 0.2) is 22.3 Å². The second-order valence-corrected chi connectivity index (χ2v) is 9.10. The van der Waals surface area contributed by atoms with Crippen molar-refractivity contribution in [2.45, 2.75) is 65.5 Å². The smallest absolute Gasteiger partial charge is 0.291 e. The maximum Gasteiger partial charge on any atom is 0.291 e. The molecular weight excluding hydrogens is 372 g/mol. The molecule has 7 heteroatoms. The van der Waals surface area contributed by atoms with Crippen molar-refractivity contribution in [3.05, 3.63) is 33.7 Å². The molecule has 1 fully saturated rings. The van der Waals surface area contributed by atoms with E-state index in [-0.39, 0.29) is 17.5 Å². The van der Waals surface area contributed by atoms with Crippen molar-refractivity contribution >= 4 is 33.0 Å². The number of nitrogens with zero attached hydrogens (tertiary/aromatic N) is 3. The number of hydrogen-bond donors (Lipinski definition) is 1. The zero-order chi connectivity index (χ0) is 19.8. The fourth-order valence-corrected chi connectivity index (χ4v) is 5.24. The average molecular weight is 401 g/mol. The second-order valence-electron chi connectivity index (χ2n) is 8.16. The highest BCUT2D eigenvalue weighted by Gasteiger charge is 2.27. The molecule has 150 valence electrons. The molecule has 1 saturated carbocycles. The van der Waals surface area contributed by atoms with E-state index in [1.54, 1.807) is 11.3 Å². The molecule has 6 nitrogen and oxygen atoms in total. The number of fused-ring (bicyclic) bond motifs is 3. The molecule has 4 rings (SSSR count). The molecule has 0 radical (unpaired) electrons. The minimum absolute atomic E-state index is 0.0833. The molecule has 0 aliphatic heterocycles. The number of aromatic nitrogens is 3. The molecule has 0 bridgehead atoms. The lowest BCUT2D eigenvalue weighted by molar-refractivity contribution is -0.122. The van der Waals surface area contributed by atoms with Gasteiger partial charge in [0.25, 0.3) is 5.56 Å². The lowest BCUT2D eigenvalue weighted by Gasteiger charge is -2.34. The summed E-state index contributed by atoms with van der Waals surface area (Å²) in [6, 6.07) is 4.23. The number of aryl methyl sites for hydroxylation is 2. The van der Waals surface area contributed by atoms with E-state index < -0.39 is 0 Å². The van der Waals surface area contributed by atoms with Crippen LogP contribution in [0.4, 0.5) is 0 Å². The quantitative estimate of drug-likeness (QED) is 0.709. The van der Waals surface area contributed by atoms with Gasteiger partial charge in [-0.1, -0.05) is 26.7 Å². The average Bonchev–Trinajstić information content (AvgIpc) is 3.24. The van der Waals surface area contributed by atoms with Crippen LogP contribution < -0.4 is 10.9 Å². The van der Waals surface area contributed by atoms with Crippen LogP contribution in [0, 0.1) is 18.8 Å². The lowest BCUT2D eigenvalue weighted by atomic mass is 9.78. The van der Waals surface area contributed by atoms with Gasteiger partial charge in [0.05, 0.1) is 10.2 Å². The van der Waals surface area contributed by atoms with Gasteiger partial charge in [0, 0.05) is 19.0 Å². The molecule has 1 amide bonds. The third-order valence-electron chi connectivity index (χ3n) is 6.29. The molecule has 3 unspecified atom stereocenters. The van der Waals surface area contributed by atoms with Crippen LogP contribution in [0.2, 0.25) is 0 Å². The predicted octanol–water partition coefficient (Wildman–Crippen LogP) is 3.74. The molecule has 28 heavy (non-hydrogen) atoms. The summed E-state index contributed by atoms with van der Waals surface area (Å²) in [4.78, 5) is 25.2. The summed E-state index contributed by atoms with van der Waals surface area (Å²) >= 11 is 1.63. The first-order valence-electron chi connectivity index (χ1n) is 10.2. The van der Waals surface area contributed by atoms with Crippen LogP contribution in [0.3, 0.4) is 0 Å².